The third-order valence-electron chi connectivity index (χ3n) is 2.73. The Bertz CT molecular complexity index is 609. The van der Waals surface area contributed by atoms with Crippen LogP contribution in [0.1, 0.15) is 21.6 Å². The van der Waals surface area contributed by atoms with Crippen molar-refractivity contribution in [2.24, 2.45) is 10.9 Å². The second-order valence-electron chi connectivity index (χ2n) is 4.06. The van der Waals surface area contributed by atoms with Crippen molar-refractivity contribution in [3.8, 4) is 0 Å². The molecule has 0 aliphatic carbocycles. The monoisotopic (exact) mass is 256 g/mol. The number of primary amides is 1. The van der Waals surface area contributed by atoms with Crippen LogP contribution in [0, 0.1) is 0 Å². The largest absolute Gasteiger partial charge is 0.411 e. The zero-order valence-corrected chi connectivity index (χ0v) is 10.2. The van der Waals surface area contributed by atoms with Gasteiger partial charge in [0.25, 0.3) is 5.91 Å². The summed E-state index contributed by atoms with van der Waals surface area (Å²) < 4.78 is 1.80. The molecule has 5 nitrogen and oxygen atoms in total. The highest BCUT2D eigenvalue weighted by atomic mass is 16.4. The summed E-state index contributed by atoms with van der Waals surface area (Å²) in [6, 6.07) is 13.0. The number of oxime groups is 1. The zero-order chi connectivity index (χ0) is 13.7. The highest BCUT2D eigenvalue weighted by molar-refractivity contribution is 5.92. The molecule has 0 atom stereocenters. The lowest BCUT2D eigenvalue weighted by Gasteiger charge is -2.02. The van der Waals surface area contributed by atoms with E-state index in [2.05, 4.69) is 5.16 Å². The summed E-state index contributed by atoms with van der Waals surface area (Å²) in [4.78, 5) is 11.2. The third kappa shape index (κ3) is 3.16. The number of hydrogen-bond acceptors (Lipinski definition) is 3. The first-order chi connectivity index (χ1) is 9.20. The van der Waals surface area contributed by atoms with Crippen molar-refractivity contribution in [3.63, 3.8) is 0 Å². The van der Waals surface area contributed by atoms with E-state index in [9.17, 15) is 4.79 Å². The van der Waals surface area contributed by atoms with Gasteiger partial charge in [-0.15, -0.1) is 0 Å². The number of carbonyl (C=O) groups is 1. The van der Waals surface area contributed by atoms with Gasteiger partial charge in [-0.3, -0.25) is 4.79 Å². The van der Waals surface area contributed by atoms with E-state index in [1.165, 1.54) is 6.21 Å². The van der Waals surface area contributed by atoms with Crippen molar-refractivity contribution >= 4 is 12.1 Å². The number of aromatic nitrogens is 1. The maximum Gasteiger partial charge on any atom is 0.254 e. The van der Waals surface area contributed by atoms with Crippen molar-refractivity contribution in [2.45, 2.75) is 6.54 Å². The molecule has 1 aromatic carbocycles. The lowest BCUT2D eigenvalue weighted by molar-refractivity contribution is -0.689. The topological polar surface area (TPSA) is 79.6 Å². The van der Waals surface area contributed by atoms with Crippen LogP contribution in [0.4, 0.5) is 0 Å². The van der Waals surface area contributed by atoms with Gasteiger partial charge in [0.05, 0.1) is 0 Å². The van der Waals surface area contributed by atoms with E-state index in [1.807, 2.05) is 30.3 Å². The summed E-state index contributed by atoms with van der Waals surface area (Å²) in [5.41, 5.74) is 7.42. The number of nitrogens with zero attached hydrogens (tertiary/aromatic N) is 2. The molecule has 0 bridgehead atoms. The van der Waals surface area contributed by atoms with Crippen LogP contribution < -0.4 is 10.3 Å². The minimum absolute atomic E-state index is 0.408. The van der Waals surface area contributed by atoms with Crippen molar-refractivity contribution in [3.05, 3.63) is 65.5 Å². The predicted molar refractivity (Wildman–Crippen MR) is 70.1 cm³/mol. The normalized spacial score (nSPS) is 10.7. The molecule has 1 amide bonds. The van der Waals surface area contributed by atoms with Gasteiger partial charge < -0.3 is 10.9 Å². The van der Waals surface area contributed by atoms with Crippen LogP contribution in [0.2, 0.25) is 0 Å². The summed E-state index contributed by atoms with van der Waals surface area (Å²) in [7, 11) is 0. The fourth-order valence-corrected chi connectivity index (χ4v) is 1.80. The minimum Gasteiger partial charge on any atom is -0.411 e. The molecule has 0 aliphatic rings. The molecular formula is C14H14N3O2+. The smallest absolute Gasteiger partial charge is 0.254 e. The van der Waals surface area contributed by atoms with E-state index < -0.39 is 5.91 Å². The van der Waals surface area contributed by atoms with Gasteiger partial charge in [0.2, 0.25) is 5.69 Å². The van der Waals surface area contributed by atoms with Gasteiger partial charge in [-0.25, -0.2) is 0 Å². The predicted octanol–water partition coefficient (Wildman–Crippen LogP) is 0.929. The van der Waals surface area contributed by atoms with E-state index in [0.29, 0.717) is 17.8 Å². The number of carbonyl (C=O) groups excluding carboxylic acids is 1. The summed E-state index contributed by atoms with van der Waals surface area (Å²) in [6.45, 7) is 0.559. The molecule has 96 valence electrons. The quantitative estimate of drug-likeness (QED) is 0.369. The second-order valence-corrected chi connectivity index (χ2v) is 4.06. The van der Waals surface area contributed by atoms with Gasteiger partial charge in [0, 0.05) is 11.6 Å². The van der Waals surface area contributed by atoms with E-state index in [4.69, 9.17) is 10.9 Å². The molecule has 1 aromatic heterocycles. The van der Waals surface area contributed by atoms with Gasteiger partial charge in [-0.05, 0) is 6.07 Å². The fourth-order valence-electron chi connectivity index (χ4n) is 1.80. The fraction of sp³-hybridized carbons (Fsp3) is 0.0714. The SMILES string of the molecule is NC(=O)c1ccc(/C=N/O)[n+](Cc2ccccc2)c1. The van der Waals surface area contributed by atoms with Crippen molar-refractivity contribution in [2.75, 3.05) is 0 Å². The molecule has 0 unspecified atom stereocenters. The number of benzene rings is 1. The van der Waals surface area contributed by atoms with Gasteiger partial charge in [-0.1, -0.05) is 35.5 Å². The first-order valence-electron chi connectivity index (χ1n) is 5.75. The molecule has 19 heavy (non-hydrogen) atoms. The van der Waals surface area contributed by atoms with Crippen LogP contribution in [-0.4, -0.2) is 17.3 Å². The number of pyridine rings is 1. The van der Waals surface area contributed by atoms with Gasteiger partial charge in [-0.2, -0.15) is 4.57 Å². The van der Waals surface area contributed by atoms with Gasteiger partial charge in [0.15, 0.2) is 12.7 Å². The second kappa shape index (κ2) is 5.77. The Kier molecular flexibility index (Phi) is 3.87. The number of amides is 1. The van der Waals surface area contributed by atoms with Crippen LogP contribution in [0.25, 0.3) is 0 Å². The Morgan fingerprint density at radius 2 is 2.00 bits per heavy atom. The van der Waals surface area contributed by atoms with Crippen LogP contribution in [0.15, 0.2) is 53.8 Å². The van der Waals surface area contributed by atoms with E-state index in [1.54, 1.807) is 22.9 Å². The number of rotatable bonds is 4. The number of hydrogen-bond donors (Lipinski definition) is 2. The summed E-state index contributed by atoms with van der Waals surface area (Å²) in [5.74, 6) is -0.491. The summed E-state index contributed by atoms with van der Waals surface area (Å²) >= 11 is 0. The lowest BCUT2D eigenvalue weighted by atomic mass is 10.2. The Morgan fingerprint density at radius 1 is 1.26 bits per heavy atom. The molecule has 0 saturated heterocycles. The Morgan fingerprint density at radius 3 is 2.63 bits per heavy atom. The Balaban J connectivity index is 2.40. The van der Waals surface area contributed by atoms with E-state index >= 15 is 0 Å². The van der Waals surface area contributed by atoms with Crippen molar-refractivity contribution in [1.29, 1.82) is 0 Å². The average Bonchev–Trinajstić information content (AvgIpc) is 2.42. The maximum atomic E-state index is 11.2. The molecule has 0 spiro atoms. The maximum absolute atomic E-state index is 11.2. The lowest BCUT2D eigenvalue weighted by Crippen LogP contribution is -2.40. The standard InChI is InChI=1S/C14H13N3O2/c15-14(18)12-6-7-13(8-16-19)17(10-12)9-11-4-2-1-3-5-11/h1-8,10H,9H2,(H2,15,18)/p+1. The molecule has 1 heterocycles. The molecule has 0 radical (unpaired) electrons. The first-order valence-corrected chi connectivity index (χ1v) is 5.75. The Hall–Kier alpha value is -2.69. The van der Waals surface area contributed by atoms with E-state index in [-0.39, 0.29) is 0 Å². The van der Waals surface area contributed by atoms with Crippen LogP contribution in [0.5, 0.6) is 0 Å². The molecular weight excluding hydrogens is 242 g/mol. The molecule has 3 N–H and O–H groups in total. The van der Waals surface area contributed by atoms with Gasteiger partial charge >= 0.3 is 0 Å². The van der Waals surface area contributed by atoms with Crippen LogP contribution in [-0.2, 0) is 6.54 Å². The average molecular weight is 256 g/mol. The molecule has 0 fully saturated rings. The zero-order valence-electron chi connectivity index (χ0n) is 10.2. The highest BCUT2D eigenvalue weighted by Crippen LogP contribution is 2.01. The highest BCUT2D eigenvalue weighted by Gasteiger charge is 2.13. The molecule has 2 rings (SSSR count). The Labute approximate surface area is 110 Å². The molecule has 2 aromatic rings. The van der Waals surface area contributed by atoms with Crippen LogP contribution >= 0.6 is 0 Å². The van der Waals surface area contributed by atoms with Gasteiger partial charge in [0.1, 0.15) is 11.8 Å². The van der Waals surface area contributed by atoms with E-state index in [0.717, 1.165) is 5.56 Å². The molecule has 0 saturated carbocycles. The van der Waals surface area contributed by atoms with Crippen LogP contribution in [0.3, 0.4) is 0 Å². The molecule has 5 heteroatoms. The summed E-state index contributed by atoms with van der Waals surface area (Å²) in [6.07, 6.45) is 2.96. The minimum atomic E-state index is -0.491. The first kappa shape index (κ1) is 12.8. The summed E-state index contributed by atoms with van der Waals surface area (Å²) in [5, 5.41) is 11.7. The number of nitrogens with two attached hydrogens (primary N) is 1. The van der Waals surface area contributed by atoms with Crippen molar-refractivity contribution < 1.29 is 14.6 Å². The van der Waals surface area contributed by atoms with Crippen molar-refractivity contribution in [1.82, 2.24) is 0 Å². The molecule has 0 aliphatic heterocycles. The third-order valence-corrected chi connectivity index (χ3v) is 2.73.